The van der Waals surface area contributed by atoms with Crippen molar-refractivity contribution < 1.29 is 9.32 Å². The number of anilines is 2. The summed E-state index contributed by atoms with van der Waals surface area (Å²) in [5, 5.41) is 11.2. The smallest absolute Gasteiger partial charge is 0.225 e. The molecule has 1 amide bonds. The van der Waals surface area contributed by atoms with E-state index in [2.05, 4.69) is 44.7 Å². The van der Waals surface area contributed by atoms with E-state index in [-0.39, 0.29) is 5.91 Å². The van der Waals surface area contributed by atoms with E-state index in [1.165, 1.54) is 0 Å². The molecule has 7 heteroatoms. The molecule has 0 saturated carbocycles. The van der Waals surface area contributed by atoms with E-state index < -0.39 is 0 Å². The summed E-state index contributed by atoms with van der Waals surface area (Å²) in [6.45, 7) is 4.35. The van der Waals surface area contributed by atoms with Crippen LogP contribution in [0.15, 0.2) is 41.1 Å². The minimum absolute atomic E-state index is 0.0558. The van der Waals surface area contributed by atoms with E-state index in [0.717, 1.165) is 28.3 Å². The van der Waals surface area contributed by atoms with Crippen molar-refractivity contribution >= 4 is 17.4 Å². The molecule has 7 nitrogen and oxygen atoms in total. The van der Waals surface area contributed by atoms with Gasteiger partial charge in [0.2, 0.25) is 5.91 Å². The Morgan fingerprint density at radius 3 is 2.56 bits per heavy atom. The van der Waals surface area contributed by atoms with Gasteiger partial charge in [-0.3, -0.25) is 4.79 Å². The Balaban J connectivity index is 1.60. The van der Waals surface area contributed by atoms with Crippen LogP contribution in [-0.2, 0) is 17.8 Å². The van der Waals surface area contributed by atoms with Crippen molar-refractivity contribution in [2.24, 2.45) is 0 Å². The predicted molar refractivity (Wildman–Crippen MR) is 105 cm³/mol. The van der Waals surface area contributed by atoms with E-state index in [1.807, 2.05) is 34.0 Å². The van der Waals surface area contributed by atoms with E-state index in [4.69, 9.17) is 4.52 Å². The molecule has 1 N–H and O–H groups in total. The highest BCUT2D eigenvalue weighted by atomic mass is 16.5. The standard InChI is InChI=1S/C20H25N5O2/c1-14-18(15(2)27-23-14)9-10-20(26)22-19-11-12-21-25(19)13-16-5-7-17(8-6-16)24(3)4/h5-8,11-12H,9-10,13H2,1-4H3,(H,22,26). The van der Waals surface area contributed by atoms with Gasteiger partial charge in [-0.05, 0) is 38.0 Å². The highest BCUT2D eigenvalue weighted by Crippen LogP contribution is 2.17. The van der Waals surface area contributed by atoms with Gasteiger partial charge in [-0.25, -0.2) is 4.68 Å². The van der Waals surface area contributed by atoms with Crippen LogP contribution < -0.4 is 10.2 Å². The Bertz CT molecular complexity index is 889. The number of nitrogens with zero attached hydrogens (tertiary/aromatic N) is 4. The predicted octanol–water partition coefficient (Wildman–Crippen LogP) is 3.17. The van der Waals surface area contributed by atoms with Crippen molar-refractivity contribution in [3.8, 4) is 0 Å². The second-order valence-electron chi connectivity index (χ2n) is 6.79. The minimum atomic E-state index is -0.0558. The first kappa shape index (κ1) is 18.7. The van der Waals surface area contributed by atoms with Gasteiger partial charge in [-0.1, -0.05) is 17.3 Å². The molecule has 0 aliphatic carbocycles. The first-order chi connectivity index (χ1) is 12.9. The normalized spacial score (nSPS) is 10.8. The van der Waals surface area contributed by atoms with E-state index in [9.17, 15) is 4.79 Å². The largest absolute Gasteiger partial charge is 0.378 e. The Morgan fingerprint density at radius 2 is 1.93 bits per heavy atom. The molecule has 0 radical (unpaired) electrons. The molecule has 2 heterocycles. The van der Waals surface area contributed by atoms with Gasteiger partial charge in [0.25, 0.3) is 0 Å². The Hall–Kier alpha value is -3.09. The maximum absolute atomic E-state index is 12.3. The van der Waals surface area contributed by atoms with Gasteiger partial charge in [0, 0.05) is 37.8 Å². The van der Waals surface area contributed by atoms with Crippen molar-refractivity contribution in [2.45, 2.75) is 33.2 Å². The Kier molecular flexibility index (Phi) is 5.59. The summed E-state index contributed by atoms with van der Waals surface area (Å²) in [6.07, 6.45) is 2.66. The lowest BCUT2D eigenvalue weighted by atomic mass is 10.1. The molecule has 0 aliphatic heterocycles. The number of amides is 1. The zero-order valence-electron chi connectivity index (χ0n) is 16.2. The number of nitrogens with one attached hydrogen (secondary N) is 1. The second-order valence-corrected chi connectivity index (χ2v) is 6.79. The Labute approximate surface area is 159 Å². The molecular weight excluding hydrogens is 342 g/mol. The van der Waals surface area contributed by atoms with Crippen molar-refractivity contribution in [1.82, 2.24) is 14.9 Å². The van der Waals surface area contributed by atoms with Gasteiger partial charge in [0.1, 0.15) is 11.6 Å². The van der Waals surface area contributed by atoms with Crippen LogP contribution in [0.2, 0.25) is 0 Å². The number of aryl methyl sites for hydroxylation is 2. The molecule has 142 valence electrons. The lowest BCUT2D eigenvalue weighted by molar-refractivity contribution is -0.116. The number of hydrogen-bond acceptors (Lipinski definition) is 5. The van der Waals surface area contributed by atoms with Gasteiger partial charge >= 0.3 is 0 Å². The summed E-state index contributed by atoms with van der Waals surface area (Å²) in [5.74, 6) is 1.40. The maximum atomic E-state index is 12.3. The maximum Gasteiger partial charge on any atom is 0.225 e. The van der Waals surface area contributed by atoms with Gasteiger partial charge in [-0.15, -0.1) is 0 Å². The minimum Gasteiger partial charge on any atom is -0.378 e. The first-order valence-corrected chi connectivity index (χ1v) is 8.93. The first-order valence-electron chi connectivity index (χ1n) is 8.93. The summed E-state index contributed by atoms with van der Waals surface area (Å²) in [7, 11) is 4.03. The number of aromatic nitrogens is 3. The molecule has 0 aliphatic rings. The van der Waals surface area contributed by atoms with Crippen LogP contribution in [0.25, 0.3) is 0 Å². The molecule has 3 rings (SSSR count). The zero-order chi connectivity index (χ0) is 19.4. The van der Waals surface area contributed by atoms with Crippen LogP contribution in [0, 0.1) is 13.8 Å². The molecule has 0 atom stereocenters. The Morgan fingerprint density at radius 1 is 1.19 bits per heavy atom. The quantitative estimate of drug-likeness (QED) is 0.694. The van der Waals surface area contributed by atoms with Crippen LogP contribution in [-0.4, -0.2) is 34.9 Å². The van der Waals surface area contributed by atoms with Crippen LogP contribution >= 0.6 is 0 Å². The summed E-state index contributed by atoms with van der Waals surface area (Å²) in [4.78, 5) is 14.4. The number of carbonyl (C=O) groups is 1. The highest BCUT2D eigenvalue weighted by molar-refractivity contribution is 5.90. The molecule has 2 aromatic heterocycles. The van der Waals surface area contributed by atoms with Gasteiger partial charge < -0.3 is 14.7 Å². The van der Waals surface area contributed by atoms with E-state index >= 15 is 0 Å². The molecule has 0 fully saturated rings. The van der Waals surface area contributed by atoms with Crippen molar-refractivity contribution in [3.05, 3.63) is 59.1 Å². The SMILES string of the molecule is Cc1noc(C)c1CCC(=O)Nc1ccnn1Cc1ccc(N(C)C)cc1. The average molecular weight is 367 g/mol. The number of benzene rings is 1. The third-order valence-corrected chi connectivity index (χ3v) is 4.55. The molecule has 0 unspecified atom stereocenters. The van der Waals surface area contributed by atoms with Crippen LogP contribution in [0.3, 0.4) is 0 Å². The number of hydrogen-bond donors (Lipinski definition) is 1. The molecule has 0 saturated heterocycles. The van der Waals surface area contributed by atoms with Gasteiger partial charge in [0.05, 0.1) is 18.4 Å². The third kappa shape index (κ3) is 4.55. The molecule has 3 aromatic rings. The van der Waals surface area contributed by atoms with Crippen LogP contribution in [0.4, 0.5) is 11.5 Å². The summed E-state index contributed by atoms with van der Waals surface area (Å²) >= 11 is 0. The van der Waals surface area contributed by atoms with Crippen LogP contribution in [0.5, 0.6) is 0 Å². The van der Waals surface area contributed by atoms with Crippen molar-refractivity contribution in [3.63, 3.8) is 0 Å². The third-order valence-electron chi connectivity index (χ3n) is 4.55. The summed E-state index contributed by atoms with van der Waals surface area (Å²) < 4.78 is 6.93. The lowest BCUT2D eigenvalue weighted by Gasteiger charge is -2.13. The molecule has 0 bridgehead atoms. The zero-order valence-corrected chi connectivity index (χ0v) is 16.2. The monoisotopic (exact) mass is 367 g/mol. The average Bonchev–Trinajstić information content (AvgIpc) is 3.20. The fraction of sp³-hybridized carbons (Fsp3) is 0.350. The van der Waals surface area contributed by atoms with E-state index in [0.29, 0.717) is 25.2 Å². The fourth-order valence-electron chi connectivity index (χ4n) is 2.94. The van der Waals surface area contributed by atoms with Crippen molar-refractivity contribution in [2.75, 3.05) is 24.3 Å². The van der Waals surface area contributed by atoms with Crippen LogP contribution in [0.1, 0.15) is 29.0 Å². The highest BCUT2D eigenvalue weighted by Gasteiger charge is 2.13. The molecular formula is C20H25N5O2. The summed E-state index contributed by atoms with van der Waals surface area (Å²) in [6, 6.07) is 10.1. The van der Waals surface area contributed by atoms with Gasteiger partial charge in [0.15, 0.2) is 0 Å². The lowest BCUT2D eigenvalue weighted by Crippen LogP contribution is -2.16. The second kappa shape index (κ2) is 8.07. The van der Waals surface area contributed by atoms with Crippen molar-refractivity contribution in [1.29, 1.82) is 0 Å². The number of carbonyl (C=O) groups excluding carboxylic acids is 1. The van der Waals surface area contributed by atoms with Gasteiger partial charge in [-0.2, -0.15) is 5.10 Å². The summed E-state index contributed by atoms with van der Waals surface area (Å²) in [5.41, 5.74) is 4.11. The molecule has 0 spiro atoms. The molecule has 1 aromatic carbocycles. The molecule has 27 heavy (non-hydrogen) atoms. The number of rotatable bonds is 7. The topological polar surface area (TPSA) is 76.2 Å². The fourth-order valence-corrected chi connectivity index (χ4v) is 2.94. The van der Waals surface area contributed by atoms with E-state index in [1.54, 1.807) is 10.9 Å².